The van der Waals surface area contributed by atoms with Crippen molar-refractivity contribution in [2.45, 2.75) is 13.5 Å². The highest BCUT2D eigenvalue weighted by Gasteiger charge is 2.18. The van der Waals surface area contributed by atoms with E-state index in [9.17, 15) is 13.6 Å². The molecule has 1 aromatic heterocycles. The summed E-state index contributed by atoms with van der Waals surface area (Å²) in [5.41, 5.74) is 1.15. The molecule has 0 radical (unpaired) electrons. The minimum Gasteiger partial charge on any atom is -0.473 e. The largest absolute Gasteiger partial charge is 0.473 e. The third kappa shape index (κ3) is 7.42. The summed E-state index contributed by atoms with van der Waals surface area (Å²) in [6.07, 6.45) is 1.68. The van der Waals surface area contributed by atoms with Gasteiger partial charge in [0.05, 0.1) is 24.7 Å². The predicted octanol–water partition coefficient (Wildman–Crippen LogP) is 0.944. The molecule has 2 N–H and O–H groups in total. The number of carboxylic acids is 2. The quantitative estimate of drug-likeness (QED) is 0.659. The molecule has 1 aliphatic rings. The molecule has 0 unspecified atom stereocenters. The smallest absolute Gasteiger partial charge is 0.414 e. The van der Waals surface area contributed by atoms with Crippen molar-refractivity contribution in [3.8, 4) is 5.69 Å². The highest BCUT2D eigenvalue weighted by molar-refractivity contribution is 6.27. The van der Waals surface area contributed by atoms with Gasteiger partial charge in [-0.25, -0.2) is 23.1 Å². The summed E-state index contributed by atoms with van der Waals surface area (Å²) in [5.74, 6) is -5.34. The Hall–Kier alpha value is -3.38. The number of benzene rings is 1. The predicted molar refractivity (Wildman–Crippen MR) is 102 cm³/mol. The molecule has 10 nitrogen and oxygen atoms in total. The maximum absolute atomic E-state index is 13.3. The Balaban J connectivity index is 0.000000501. The first kappa shape index (κ1) is 23.9. The Morgan fingerprint density at radius 2 is 1.68 bits per heavy atom. The average Bonchev–Trinajstić information content (AvgIpc) is 3.20. The summed E-state index contributed by atoms with van der Waals surface area (Å²) in [4.78, 5) is 33.4. The van der Waals surface area contributed by atoms with Gasteiger partial charge in [0.2, 0.25) is 5.91 Å². The minimum atomic E-state index is -1.82. The number of hydrogen-bond acceptors (Lipinski definition) is 6. The first-order valence-electron chi connectivity index (χ1n) is 9.19. The van der Waals surface area contributed by atoms with Gasteiger partial charge in [-0.1, -0.05) is 0 Å². The van der Waals surface area contributed by atoms with E-state index >= 15 is 0 Å². The standard InChI is InChI=1S/C17H20F2N4O2.C2H2O4/c1-13(24)22-8-6-21(7-9-22)12-25-11-14-4-5-23(20-14)15-2-3-16(18)17(19)10-15;3-1(4)2(5)6/h2-5,10H,6-9,11-12H2,1H3;(H,3,4)(H,5,6). The van der Waals surface area contributed by atoms with Gasteiger partial charge in [0, 0.05) is 45.4 Å². The van der Waals surface area contributed by atoms with Crippen LogP contribution in [-0.4, -0.2) is 80.5 Å². The number of aromatic nitrogens is 2. The fourth-order valence-corrected chi connectivity index (χ4v) is 2.68. The SMILES string of the molecule is CC(=O)N1CCN(COCc2ccn(-c3ccc(F)c(F)c3)n2)CC1.O=C(O)C(=O)O. The number of amides is 1. The Morgan fingerprint density at radius 3 is 2.23 bits per heavy atom. The molecule has 3 rings (SSSR count). The van der Waals surface area contributed by atoms with Gasteiger partial charge in [0.1, 0.15) is 0 Å². The van der Waals surface area contributed by atoms with Crippen LogP contribution in [0.5, 0.6) is 0 Å². The summed E-state index contributed by atoms with van der Waals surface area (Å²) < 4.78 is 33.4. The molecule has 1 saturated heterocycles. The topological polar surface area (TPSA) is 125 Å². The molecule has 1 aliphatic heterocycles. The molecule has 0 spiro atoms. The van der Waals surface area contributed by atoms with Crippen LogP contribution in [0.4, 0.5) is 8.78 Å². The molecule has 168 valence electrons. The number of carboxylic acid groups (broad SMARTS) is 2. The van der Waals surface area contributed by atoms with Crippen molar-refractivity contribution < 1.29 is 38.1 Å². The van der Waals surface area contributed by atoms with E-state index in [0.29, 0.717) is 37.8 Å². The summed E-state index contributed by atoms with van der Waals surface area (Å²) in [6.45, 7) is 5.35. The zero-order chi connectivity index (χ0) is 23.0. The average molecular weight is 440 g/mol. The fourth-order valence-electron chi connectivity index (χ4n) is 2.68. The number of ether oxygens (including phenoxy) is 1. The van der Waals surface area contributed by atoms with Crippen LogP contribution in [-0.2, 0) is 25.7 Å². The summed E-state index contributed by atoms with van der Waals surface area (Å²) in [6, 6.07) is 5.41. The lowest BCUT2D eigenvalue weighted by atomic mass is 10.3. The lowest BCUT2D eigenvalue weighted by Gasteiger charge is -2.33. The maximum atomic E-state index is 13.3. The number of carbonyl (C=O) groups is 3. The minimum absolute atomic E-state index is 0.100. The number of halogens is 2. The van der Waals surface area contributed by atoms with Crippen LogP contribution in [0.1, 0.15) is 12.6 Å². The highest BCUT2D eigenvalue weighted by Crippen LogP contribution is 2.13. The molecule has 2 aromatic rings. The second kappa shape index (κ2) is 11.1. The van der Waals surface area contributed by atoms with Crippen LogP contribution >= 0.6 is 0 Å². The third-order valence-corrected chi connectivity index (χ3v) is 4.34. The Morgan fingerprint density at radius 1 is 1.03 bits per heavy atom. The van der Waals surface area contributed by atoms with Gasteiger partial charge in [0.25, 0.3) is 0 Å². The van der Waals surface area contributed by atoms with Gasteiger partial charge in [-0.05, 0) is 18.2 Å². The molecule has 1 aromatic carbocycles. The van der Waals surface area contributed by atoms with Crippen LogP contribution < -0.4 is 0 Å². The molecule has 12 heteroatoms. The molecule has 1 amide bonds. The molecule has 1 fully saturated rings. The van der Waals surface area contributed by atoms with Crippen molar-refractivity contribution in [3.05, 3.63) is 47.8 Å². The molecular weight excluding hydrogens is 418 g/mol. The number of piperazine rings is 1. The lowest BCUT2D eigenvalue weighted by molar-refractivity contribution is -0.159. The molecular formula is C19H22F2N4O6. The maximum Gasteiger partial charge on any atom is 0.414 e. The zero-order valence-electron chi connectivity index (χ0n) is 16.7. The van der Waals surface area contributed by atoms with E-state index in [-0.39, 0.29) is 5.91 Å². The summed E-state index contributed by atoms with van der Waals surface area (Å²) >= 11 is 0. The molecule has 2 heterocycles. The monoisotopic (exact) mass is 440 g/mol. The number of carbonyl (C=O) groups excluding carboxylic acids is 1. The fraction of sp³-hybridized carbons (Fsp3) is 0.368. The zero-order valence-corrected chi connectivity index (χ0v) is 16.7. The number of nitrogens with zero attached hydrogens (tertiary/aromatic N) is 4. The van der Waals surface area contributed by atoms with Crippen LogP contribution in [0.15, 0.2) is 30.5 Å². The van der Waals surface area contributed by atoms with Gasteiger partial charge in [-0.3, -0.25) is 9.69 Å². The summed E-state index contributed by atoms with van der Waals surface area (Å²) in [5, 5.41) is 19.1. The number of hydrogen-bond donors (Lipinski definition) is 2. The van der Waals surface area contributed by atoms with Gasteiger partial charge in [-0.2, -0.15) is 5.10 Å². The van der Waals surface area contributed by atoms with Crippen LogP contribution in [0.2, 0.25) is 0 Å². The van der Waals surface area contributed by atoms with E-state index < -0.39 is 23.6 Å². The normalized spacial score (nSPS) is 14.0. The van der Waals surface area contributed by atoms with Gasteiger partial charge in [-0.15, -0.1) is 0 Å². The Kier molecular flexibility index (Phi) is 8.58. The molecule has 0 saturated carbocycles. The van der Waals surface area contributed by atoms with E-state index in [0.717, 1.165) is 25.2 Å². The van der Waals surface area contributed by atoms with Gasteiger partial charge >= 0.3 is 11.9 Å². The number of aliphatic carboxylic acids is 2. The van der Waals surface area contributed by atoms with Gasteiger partial charge < -0.3 is 19.8 Å². The molecule has 31 heavy (non-hydrogen) atoms. The van der Waals surface area contributed by atoms with Crippen LogP contribution in [0.25, 0.3) is 5.69 Å². The van der Waals surface area contributed by atoms with Crippen LogP contribution in [0, 0.1) is 11.6 Å². The second-order valence-electron chi connectivity index (χ2n) is 6.56. The van der Waals surface area contributed by atoms with Crippen molar-refractivity contribution in [1.29, 1.82) is 0 Å². The van der Waals surface area contributed by atoms with E-state index in [2.05, 4.69) is 10.00 Å². The molecule has 0 bridgehead atoms. The highest BCUT2D eigenvalue weighted by atomic mass is 19.2. The van der Waals surface area contributed by atoms with Gasteiger partial charge in [0.15, 0.2) is 11.6 Å². The van der Waals surface area contributed by atoms with Crippen molar-refractivity contribution in [2.24, 2.45) is 0 Å². The van der Waals surface area contributed by atoms with Crippen molar-refractivity contribution in [1.82, 2.24) is 19.6 Å². The van der Waals surface area contributed by atoms with E-state index in [1.165, 1.54) is 10.7 Å². The van der Waals surface area contributed by atoms with E-state index in [4.69, 9.17) is 24.5 Å². The van der Waals surface area contributed by atoms with Crippen molar-refractivity contribution in [3.63, 3.8) is 0 Å². The molecule has 0 atom stereocenters. The second-order valence-corrected chi connectivity index (χ2v) is 6.56. The number of rotatable bonds is 5. The van der Waals surface area contributed by atoms with E-state index in [1.807, 2.05) is 4.90 Å². The van der Waals surface area contributed by atoms with E-state index in [1.54, 1.807) is 19.2 Å². The van der Waals surface area contributed by atoms with Crippen molar-refractivity contribution >= 4 is 17.8 Å². The van der Waals surface area contributed by atoms with Crippen LogP contribution in [0.3, 0.4) is 0 Å². The van der Waals surface area contributed by atoms with Crippen molar-refractivity contribution in [2.75, 3.05) is 32.9 Å². The Bertz CT molecular complexity index is 916. The first-order valence-corrected chi connectivity index (χ1v) is 9.19. The third-order valence-electron chi connectivity index (χ3n) is 4.34. The first-order chi connectivity index (χ1) is 14.7. The Labute approximate surface area is 176 Å². The lowest BCUT2D eigenvalue weighted by Crippen LogP contribution is -2.48. The summed E-state index contributed by atoms with van der Waals surface area (Å²) in [7, 11) is 0. The molecule has 0 aliphatic carbocycles.